The molecule has 0 bridgehead atoms. The molecule has 3 rings (SSSR count). The van der Waals surface area contributed by atoms with Gasteiger partial charge in [0.2, 0.25) is 5.16 Å². The first-order valence-corrected chi connectivity index (χ1v) is 8.57. The maximum absolute atomic E-state index is 11.4. The average Bonchev–Trinajstić information content (AvgIpc) is 3.01. The number of sulfone groups is 1. The molecule has 6 nitrogen and oxygen atoms in total. The zero-order valence-electron chi connectivity index (χ0n) is 10.3. The first kappa shape index (κ1) is 12.7. The number of thioether (sulfide) groups is 1. The van der Waals surface area contributed by atoms with Gasteiger partial charge in [-0.3, -0.25) is 5.10 Å². The molecule has 1 fully saturated rings. The van der Waals surface area contributed by atoms with Crippen molar-refractivity contribution in [1.29, 1.82) is 0 Å². The average molecular weight is 299 g/mol. The molecule has 19 heavy (non-hydrogen) atoms. The first-order valence-electron chi connectivity index (χ1n) is 5.87. The monoisotopic (exact) mass is 299 g/mol. The van der Waals surface area contributed by atoms with E-state index >= 15 is 0 Å². The topological polar surface area (TPSA) is 88.8 Å². The van der Waals surface area contributed by atoms with Crippen molar-refractivity contribution in [3.63, 3.8) is 0 Å². The van der Waals surface area contributed by atoms with Crippen LogP contribution in [0.5, 0.6) is 0 Å². The summed E-state index contributed by atoms with van der Waals surface area (Å²) in [5, 5.41) is 7.60. The predicted molar refractivity (Wildman–Crippen MR) is 71.7 cm³/mol. The summed E-state index contributed by atoms with van der Waals surface area (Å²) in [6.07, 6.45) is 2.27. The van der Waals surface area contributed by atoms with E-state index in [0.29, 0.717) is 17.4 Å². The highest BCUT2D eigenvalue weighted by molar-refractivity contribution is 8.01. The standard InChI is InChI=1S/C11H13N3O3S2/c1-7-9(2-4-17-7)10-12-11(14-13-10)18-8-3-5-19(15,16)6-8/h2,4,8H,3,5-6H2,1H3,(H,12,13,14)/t8-/m1/s1. The van der Waals surface area contributed by atoms with E-state index in [1.165, 1.54) is 11.8 Å². The van der Waals surface area contributed by atoms with Crippen LogP contribution in [-0.2, 0) is 9.84 Å². The third-order valence-electron chi connectivity index (χ3n) is 3.04. The van der Waals surface area contributed by atoms with Gasteiger partial charge in [0, 0.05) is 5.25 Å². The number of aromatic amines is 1. The predicted octanol–water partition coefficient (Wildman–Crippen LogP) is 1.65. The second-order valence-corrected chi connectivity index (χ2v) is 8.00. The zero-order chi connectivity index (χ0) is 13.5. The molecule has 0 aliphatic carbocycles. The molecule has 0 unspecified atom stereocenters. The van der Waals surface area contributed by atoms with Crippen LogP contribution in [0, 0.1) is 6.92 Å². The lowest BCUT2D eigenvalue weighted by atomic mass is 10.2. The first-order chi connectivity index (χ1) is 9.03. The van der Waals surface area contributed by atoms with Crippen LogP contribution >= 0.6 is 11.8 Å². The van der Waals surface area contributed by atoms with Crippen molar-refractivity contribution < 1.29 is 12.8 Å². The Morgan fingerprint density at radius 1 is 1.53 bits per heavy atom. The van der Waals surface area contributed by atoms with Crippen LogP contribution in [-0.4, -0.2) is 40.4 Å². The number of furan rings is 1. The fourth-order valence-corrected chi connectivity index (χ4v) is 5.42. The molecule has 1 aliphatic heterocycles. The molecule has 0 amide bonds. The molecular weight excluding hydrogens is 286 g/mol. The number of aryl methyl sites for hydroxylation is 1. The molecule has 8 heteroatoms. The summed E-state index contributed by atoms with van der Waals surface area (Å²) in [4.78, 5) is 4.37. The highest BCUT2D eigenvalue weighted by atomic mass is 32.2. The number of hydrogen-bond acceptors (Lipinski definition) is 6. The smallest absolute Gasteiger partial charge is 0.209 e. The van der Waals surface area contributed by atoms with E-state index in [1.54, 1.807) is 6.26 Å². The highest BCUT2D eigenvalue weighted by Crippen LogP contribution is 2.30. The molecule has 1 N–H and O–H groups in total. The van der Waals surface area contributed by atoms with Crippen LogP contribution in [0.25, 0.3) is 11.4 Å². The highest BCUT2D eigenvalue weighted by Gasteiger charge is 2.29. The Morgan fingerprint density at radius 3 is 3.00 bits per heavy atom. The van der Waals surface area contributed by atoms with Crippen molar-refractivity contribution in [2.75, 3.05) is 11.5 Å². The molecule has 0 radical (unpaired) electrons. The van der Waals surface area contributed by atoms with Gasteiger partial charge in [0.15, 0.2) is 15.7 Å². The van der Waals surface area contributed by atoms with Gasteiger partial charge in [-0.1, -0.05) is 11.8 Å². The molecule has 0 aromatic carbocycles. The van der Waals surface area contributed by atoms with Gasteiger partial charge >= 0.3 is 0 Å². The van der Waals surface area contributed by atoms with Gasteiger partial charge in [-0.05, 0) is 19.4 Å². The third kappa shape index (κ3) is 2.69. The molecular formula is C11H13N3O3S2. The Morgan fingerprint density at radius 2 is 2.37 bits per heavy atom. The number of rotatable bonds is 3. The Balaban J connectivity index is 1.74. The van der Waals surface area contributed by atoms with E-state index in [9.17, 15) is 8.42 Å². The minimum absolute atomic E-state index is 0.0547. The molecule has 1 saturated heterocycles. The summed E-state index contributed by atoms with van der Waals surface area (Å²) in [5.74, 6) is 1.90. The number of aromatic nitrogens is 3. The van der Waals surface area contributed by atoms with Gasteiger partial charge in [-0.25, -0.2) is 13.4 Å². The quantitative estimate of drug-likeness (QED) is 0.927. The van der Waals surface area contributed by atoms with Crippen molar-refractivity contribution in [3.05, 3.63) is 18.1 Å². The van der Waals surface area contributed by atoms with E-state index < -0.39 is 9.84 Å². The Bertz CT molecular complexity index is 690. The van der Waals surface area contributed by atoms with Crippen molar-refractivity contribution in [2.45, 2.75) is 23.8 Å². The van der Waals surface area contributed by atoms with Gasteiger partial charge in [-0.2, -0.15) is 0 Å². The fourth-order valence-electron chi connectivity index (χ4n) is 2.05. The lowest BCUT2D eigenvalue weighted by Crippen LogP contribution is -2.06. The van der Waals surface area contributed by atoms with Gasteiger partial charge in [0.25, 0.3) is 0 Å². The van der Waals surface area contributed by atoms with Crippen molar-refractivity contribution in [3.8, 4) is 11.4 Å². The van der Waals surface area contributed by atoms with Crippen LogP contribution in [0.4, 0.5) is 0 Å². The SMILES string of the molecule is Cc1occc1-c1nc(S[C@@H]2CCS(=O)(=O)C2)n[nH]1. The molecule has 2 aromatic rings. The summed E-state index contributed by atoms with van der Waals surface area (Å²) in [6.45, 7) is 1.86. The lowest BCUT2D eigenvalue weighted by Gasteiger charge is -2.01. The van der Waals surface area contributed by atoms with Crippen LogP contribution in [0.1, 0.15) is 12.2 Å². The summed E-state index contributed by atoms with van der Waals surface area (Å²) >= 11 is 1.41. The maximum atomic E-state index is 11.4. The minimum atomic E-state index is -2.86. The second-order valence-electron chi connectivity index (χ2n) is 4.50. The number of nitrogens with one attached hydrogen (secondary N) is 1. The third-order valence-corrected chi connectivity index (χ3v) is 6.15. The van der Waals surface area contributed by atoms with E-state index in [4.69, 9.17) is 4.42 Å². The van der Waals surface area contributed by atoms with E-state index in [-0.39, 0.29) is 16.8 Å². The lowest BCUT2D eigenvalue weighted by molar-refractivity contribution is 0.535. The maximum Gasteiger partial charge on any atom is 0.209 e. The van der Waals surface area contributed by atoms with Gasteiger partial charge in [0.05, 0.1) is 23.3 Å². The van der Waals surface area contributed by atoms with Crippen LogP contribution in [0.3, 0.4) is 0 Å². The normalized spacial score (nSPS) is 21.8. The summed E-state index contributed by atoms with van der Waals surface area (Å²) in [5.41, 5.74) is 0.874. The van der Waals surface area contributed by atoms with Crippen LogP contribution in [0.15, 0.2) is 21.9 Å². The largest absolute Gasteiger partial charge is 0.469 e. The molecule has 1 aliphatic rings. The molecule has 3 heterocycles. The molecule has 1 atom stereocenters. The summed E-state index contributed by atoms with van der Waals surface area (Å²) in [6, 6.07) is 1.82. The summed E-state index contributed by atoms with van der Waals surface area (Å²) in [7, 11) is -2.86. The van der Waals surface area contributed by atoms with E-state index in [0.717, 1.165) is 11.3 Å². The van der Waals surface area contributed by atoms with Gasteiger partial charge in [0.1, 0.15) is 5.76 Å². The second kappa shape index (κ2) is 4.68. The Hall–Kier alpha value is -1.28. The fraction of sp³-hybridized carbons (Fsp3) is 0.455. The van der Waals surface area contributed by atoms with Gasteiger partial charge in [-0.15, -0.1) is 5.10 Å². The van der Waals surface area contributed by atoms with Crippen LogP contribution in [0.2, 0.25) is 0 Å². The molecule has 0 saturated carbocycles. The van der Waals surface area contributed by atoms with Crippen LogP contribution < -0.4 is 0 Å². The Kier molecular flexibility index (Phi) is 3.14. The van der Waals surface area contributed by atoms with Crippen molar-refractivity contribution in [1.82, 2.24) is 15.2 Å². The summed E-state index contributed by atoms with van der Waals surface area (Å²) < 4.78 is 28.0. The molecule has 2 aromatic heterocycles. The number of hydrogen-bond donors (Lipinski definition) is 1. The molecule has 0 spiro atoms. The van der Waals surface area contributed by atoms with Gasteiger partial charge < -0.3 is 4.42 Å². The van der Waals surface area contributed by atoms with Crippen molar-refractivity contribution >= 4 is 21.6 Å². The minimum Gasteiger partial charge on any atom is -0.469 e. The zero-order valence-corrected chi connectivity index (χ0v) is 11.9. The number of nitrogens with zero attached hydrogens (tertiary/aromatic N) is 2. The van der Waals surface area contributed by atoms with Crippen molar-refractivity contribution in [2.24, 2.45) is 0 Å². The van der Waals surface area contributed by atoms with E-state index in [1.807, 2.05) is 13.0 Å². The number of H-pyrrole nitrogens is 1. The Labute approximate surface area is 114 Å². The molecule has 102 valence electrons. The van der Waals surface area contributed by atoms with E-state index in [2.05, 4.69) is 15.2 Å².